The van der Waals surface area contributed by atoms with Crippen molar-refractivity contribution in [2.75, 3.05) is 18.5 Å². The first-order chi connectivity index (χ1) is 12.7. The summed E-state index contributed by atoms with van der Waals surface area (Å²) in [5.41, 5.74) is 0. The van der Waals surface area contributed by atoms with Gasteiger partial charge in [-0.05, 0) is 37.1 Å². The molecule has 0 aliphatic rings. The predicted molar refractivity (Wildman–Crippen MR) is 99.4 cm³/mol. The van der Waals surface area contributed by atoms with E-state index in [1.807, 2.05) is 12.1 Å². The molecule has 0 bridgehead atoms. The number of benzene rings is 1. The number of hydrogen-bond acceptors (Lipinski definition) is 5. The Morgan fingerprint density at radius 2 is 1.85 bits per heavy atom. The molecular weight excluding hydrogens is 354 g/mol. The quantitative estimate of drug-likeness (QED) is 0.630. The maximum Gasteiger partial charge on any atom is 0.225 e. The number of hydrogen-bond donors (Lipinski definition) is 1. The number of amides is 1. The highest BCUT2D eigenvalue weighted by molar-refractivity contribution is 6.32. The first-order valence-electron chi connectivity index (χ1n) is 8.32. The minimum absolute atomic E-state index is 0.173. The molecule has 1 aromatic heterocycles. The summed E-state index contributed by atoms with van der Waals surface area (Å²) in [5.74, 6) is 1.30. The summed E-state index contributed by atoms with van der Waals surface area (Å²) in [6.45, 7) is 0.782. The highest BCUT2D eigenvalue weighted by atomic mass is 35.5. The number of aromatic nitrogens is 1. The predicted octanol–water partition coefficient (Wildman–Crippen LogP) is 4.22. The molecule has 7 heteroatoms. The number of rotatable bonds is 10. The van der Waals surface area contributed by atoms with Crippen molar-refractivity contribution in [3.8, 4) is 17.6 Å². The number of nitrogens with one attached hydrogen (secondary N) is 1. The molecule has 1 heterocycles. The zero-order chi connectivity index (χ0) is 18.6. The van der Waals surface area contributed by atoms with E-state index in [4.69, 9.17) is 26.3 Å². The van der Waals surface area contributed by atoms with E-state index in [0.717, 1.165) is 0 Å². The van der Waals surface area contributed by atoms with Crippen molar-refractivity contribution in [3.63, 3.8) is 0 Å². The highest BCUT2D eigenvalue weighted by Crippen LogP contribution is 2.23. The van der Waals surface area contributed by atoms with E-state index in [0.29, 0.717) is 54.8 Å². The Kier molecular flexibility index (Phi) is 8.24. The van der Waals surface area contributed by atoms with Gasteiger partial charge in [0.25, 0.3) is 0 Å². The fraction of sp³-hybridized carbons (Fsp3) is 0.316. The van der Waals surface area contributed by atoms with Crippen LogP contribution in [0.2, 0.25) is 5.02 Å². The Hall–Kier alpha value is -2.78. The average Bonchev–Trinajstić information content (AvgIpc) is 2.65. The van der Waals surface area contributed by atoms with Gasteiger partial charge in [-0.25, -0.2) is 4.98 Å². The molecule has 1 N–H and O–H groups in total. The van der Waals surface area contributed by atoms with Crippen molar-refractivity contribution in [2.45, 2.75) is 25.7 Å². The molecule has 0 saturated heterocycles. The molecule has 0 unspecified atom stereocenters. The van der Waals surface area contributed by atoms with E-state index in [9.17, 15) is 4.79 Å². The second-order valence-electron chi connectivity index (χ2n) is 5.39. The first-order valence-corrected chi connectivity index (χ1v) is 8.70. The Balaban J connectivity index is 1.75. The van der Waals surface area contributed by atoms with Gasteiger partial charge in [-0.1, -0.05) is 23.7 Å². The summed E-state index contributed by atoms with van der Waals surface area (Å²) >= 11 is 6.01. The van der Waals surface area contributed by atoms with E-state index in [1.165, 1.54) is 0 Å². The van der Waals surface area contributed by atoms with E-state index in [-0.39, 0.29) is 12.3 Å². The standard InChI is InChI=1S/C19H20ClN3O3/c20-15-7-1-2-8-16(15)25-14-6-10-18(24)23-19-17(9-5-12-22-19)26-13-4-3-11-21/h1-2,5,7-9,12H,3-4,6,10,13-14H2,(H,22,23,24). The van der Waals surface area contributed by atoms with E-state index in [1.54, 1.807) is 30.5 Å². The van der Waals surface area contributed by atoms with Crippen molar-refractivity contribution in [2.24, 2.45) is 0 Å². The van der Waals surface area contributed by atoms with Crippen LogP contribution in [0.4, 0.5) is 5.82 Å². The molecular formula is C19H20ClN3O3. The third kappa shape index (κ3) is 6.61. The Bertz CT molecular complexity index is 762. The molecule has 0 radical (unpaired) electrons. The van der Waals surface area contributed by atoms with Gasteiger partial charge in [-0.15, -0.1) is 0 Å². The maximum absolute atomic E-state index is 12.1. The van der Waals surface area contributed by atoms with Gasteiger partial charge < -0.3 is 14.8 Å². The lowest BCUT2D eigenvalue weighted by Crippen LogP contribution is -2.15. The molecule has 0 spiro atoms. The summed E-state index contributed by atoms with van der Waals surface area (Å²) in [4.78, 5) is 16.2. The van der Waals surface area contributed by atoms with E-state index >= 15 is 0 Å². The lowest BCUT2D eigenvalue weighted by atomic mass is 10.3. The van der Waals surface area contributed by atoms with Gasteiger partial charge in [0, 0.05) is 19.0 Å². The van der Waals surface area contributed by atoms with Crippen molar-refractivity contribution in [3.05, 3.63) is 47.6 Å². The number of carbonyl (C=O) groups excluding carboxylic acids is 1. The van der Waals surface area contributed by atoms with E-state index in [2.05, 4.69) is 16.4 Å². The summed E-state index contributed by atoms with van der Waals surface area (Å²) in [6.07, 6.45) is 3.46. The Morgan fingerprint density at radius 3 is 2.65 bits per heavy atom. The number of para-hydroxylation sites is 1. The lowest BCUT2D eigenvalue weighted by molar-refractivity contribution is -0.116. The monoisotopic (exact) mass is 373 g/mol. The van der Waals surface area contributed by atoms with Crippen LogP contribution in [0.1, 0.15) is 25.7 Å². The Morgan fingerprint density at radius 1 is 1.12 bits per heavy atom. The van der Waals surface area contributed by atoms with Crippen molar-refractivity contribution in [1.29, 1.82) is 5.26 Å². The van der Waals surface area contributed by atoms with Crippen molar-refractivity contribution in [1.82, 2.24) is 4.98 Å². The van der Waals surface area contributed by atoms with Crippen LogP contribution in [0, 0.1) is 11.3 Å². The summed E-state index contributed by atoms with van der Waals surface area (Å²) in [7, 11) is 0. The molecule has 1 aromatic carbocycles. The largest absolute Gasteiger partial charge is 0.492 e. The number of nitriles is 1. The summed E-state index contributed by atoms with van der Waals surface area (Å²) < 4.78 is 11.1. The normalized spacial score (nSPS) is 10.0. The van der Waals surface area contributed by atoms with Crippen LogP contribution >= 0.6 is 11.6 Å². The van der Waals surface area contributed by atoms with Crippen molar-refractivity contribution >= 4 is 23.3 Å². The number of anilines is 1. The van der Waals surface area contributed by atoms with Crippen molar-refractivity contribution < 1.29 is 14.3 Å². The third-order valence-corrected chi connectivity index (χ3v) is 3.67. The maximum atomic E-state index is 12.1. The zero-order valence-electron chi connectivity index (χ0n) is 14.3. The molecule has 0 fully saturated rings. The summed E-state index contributed by atoms with van der Waals surface area (Å²) in [6, 6.07) is 12.7. The molecule has 2 aromatic rings. The van der Waals surface area contributed by atoms with Crippen LogP contribution in [0.3, 0.4) is 0 Å². The average molecular weight is 374 g/mol. The number of unbranched alkanes of at least 4 members (excludes halogenated alkanes) is 1. The second-order valence-corrected chi connectivity index (χ2v) is 5.80. The second kappa shape index (κ2) is 11.0. The smallest absolute Gasteiger partial charge is 0.225 e. The molecule has 0 atom stereocenters. The van der Waals surface area contributed by atoms with Gasteiger partial charge >= 0.3 is 0 Å². The SMILES string of the molecule is N#CCCCOc1cccnc1NC(=O)CCCOc1ccccc1Cl. The van der Waals surface area contributed by atoms with Crippen LogP contribution in [0.25, 0.3) is 0 Å². The number of carbonyl (C=O) groups is 1. The molecule has 136 valence electrons. The van der Waals surface area contributed by atoms with Gasteiger partial charge in [0.05, 0.1) is 24.3 Å². The van der Waals surface area contributed by atoms with Crippen LogP contribution < -0.4 is 14.8 Å². The molecule has 2 rings (SSSR count). The molecule has 6 nitrogen and oxygen atoms in total. The highest BCUT2D eigenvalue weighted by Gasteiger charge is 2.09. The Labute approximate surface area is 157 Å². The van der Waals surface area contributed by atoms with Crippen LogP contribution in [0.15, 0.2) is 42.6 Å². The van der Waals surface area contributed by atoms with Gasteiger partial charge in [0.15, 0.2) is 11.6 Å². The topological polar surface area (TPSA) is 84.2 Å². The third-order valence-electron chi connectivity index (χ3n) is 3.36. The summed E-state index contributed by atoms with van der Waals surface area (Å²) in [5, 5.41) is 11.8. The number of pyridine rings is 1. The number of ether oxygens (including phenoxy) is 2. The fourth-order valence-corrected chi connectivity index (χ4v) is 2.30. The minimum Gasteiger partial charge on any atom is -0.492 e. The van der Waals surface area contributed by atoms with Gasteiger partial charge in [-0.3, -0.25) is 4.79 Å². The molecule has 26 heavy (non-hydrogen) atoms. The lowest BCUT2D eigenvalue weighted by Gasteiger charge is -2.11. The fourth-order valence-electron chi connectivity index (χ4n) is 2.11. The van der Waals surface area contributed by atoms with Gasteiger partial charge in [0.1, 0.15) is 5.75 Å². The van der Waals surface area contributed by atoms with Crippen LogP contribution in [0.5, 0.6) is 11.5 Å². The minimum atomic E-state index is -0.173. The van der Waals surface area contributed by atoms with Gasteiger partial charge in [-0.2, -0.15) is 5.26 Å². The van der Waals surface area contributed by atoms with E-state index < -0.39 is 0 Å². The first kappa shape index (κ1) is 19.5. The number of nitrogens with zero attached hydrogens (tertiary/aromatic N) is 2. The number of halogens is 1. The molecule has 0 saturated carbocycles. The molecule has 1 amide bonds. The molecule has 0 aliphatic heterocycles. The van der Waals surface area contributed by atoms with Crippen LogP contribution in [-0.4, -0.2) is 24.1 Å². The molecule has 0 aliphatic carbocycles. The zero-order valence-corrected chi connectivity index (χ0v) is 15.0. The van der Waals surface area contributed by atoms with Gasteiger partial charge in [0.2, 0.25) is 5.91 Å². The van der Waals surface area contributed by atoms with Crippen LogP contribution in [-0.2, 0) is 4.79 Å².